The smallest absolute Gasteiger partial charge is 0.0739 e. The normalized spacial score (nSPS) is 14.1. The maximum atomic E-state index is 5.84. The number of rotatable bonds is 0. The fraction of sp³-hybridized carbons (Fsp3) is 0. The first-order valence-corrected chi connectivity index (χ1v) is 4.88. The van der Waals surface area contributed by atoms with E-state index < -0.39 is 0 Å². The van der Waals surface area contributed by atoms with Crippen molar-refractivity contribution in [3.05, 3.63) is 36.4 Å². The summed E-state index contributed by atoms with van der Waals surface area (Å²) in [6.45, 7) is 0. The van der Waals surface area contributed by atoms with E-state index in [2.05, 4.69) is 24.3 Å². The average Bonchev–Trinajstić information content (AvgIpc) is 2.47. The van der Waals surface area contributed by atoms with Crippen LogP contribution in [0.15, 0.2) is 41.3 Å². The third kappa shape index (κ3) is 0.884. The monoisotopic (exact) mass is 188 g/mol. The van der Waals surface area contributed by atoms with Crippen LogP contribution in [0.4, 0.5) is 5.69 Å². The molecule has 2 aromatic rings. The van der Waals surface area contributed by atoms with Crippen molar-refractivity contribution in [3.63, 3.8) is 0 Å². The Kier molecular flexibility index (Phi) is 1.34. The summed E-state index contributed by atoms with van der Waals surface area (Å²) in [5.41, 5.74) is 1.11. The molecule has 0 saturated heterocycles. The number of hydrogen-bond acceptors (Lipinski definition) is 3. The minimum atomic E-state index is 1.11. The molecule has 0 fully saturated rings. The highest BCUT2D eigenvalue weighted by atomic mass is 32.2. The van der Waals surface area contributed by atoms with Gasteiger partial charge in [0.1, 0.15) is 0 Å². The van der Waals surface area contributed by atoms with E-state index >= 15 is 0 Å². The Morgan fingerprint density at radius 3 is 2.69 bits per heavy atom. The summed E-state index contributed by atoms with van der Waals surface area (Å²) in [5.74, 6) is 5.84. The van der Waals surface area contributed by atoms with E-state index in [4.69, 9.17) is 5.84 Å². The van der Waals surface area contributed by atoms with Gasteiger partial charge in [-0.05, 0) is 17.5 Å². The van der Waals surface area contributed by atoms with Crippen molar-refractivity contribution >= 4 is 28.4 Å². The lowest BCUT2D eigenvalue weighted by Gasteiger charge is -2.08. The summed E-state index contributed by atoms with van der Waals surface area (Å²) in [7, 11) is 0. The van der Waals surface area contributed by atoms with Crippen LogP contribution in [0.1, 0.15) is 0 Å². The molecule has 2 aromatic carbocycles. The molecule has 0 aliphatic carbocycles. The Morgan fingerprint density at radius 2 is 1.85 bits per heavy atom. The minimum absolute atomic E-state index is 1.11. The van der Waals surface area contributed by atoms with E-state index in [0.717, 1.165) is 5.69 Å². The molecule has 0 saturated carbocycles. The van der Waals surface area contributed by atoms with Crippen molar-refractivity contribution in [1.29, 1.82) is 0 Å². The molecule has 2 N–H and O–H groups in total. The Bertz CT molecular complexity index is 476. The van der Waals surface area contributed by atoms with Crippen LogP contribution in [0.3, 0.4) is 0 Å². The van der Waals surface area contributed by atoms with Gasteiger partial charge < -0.3 is 0 Å². The fourth-order valence-electron chi connectivity index (χ4n) is 1.70. The zero-order valence-electron chi connectivity index (χ0n) is 6.90. The van der Waals surface area contributed by atoms with Crippen LogP contribution < -0.4 is 10.3 Å². The van der Waals surface area contributed by atoms with Crippen molar-refractivity contribution in [2.45, 2.75) is 4.90 Å². The third-order valence-corrected chi connectivity index (χ3v) is 3.21. The highest BCUT2D eigenvalue weighted by Crippen LogP contribution is 2.43. The van der Waals surface area contributed by atoms with Crippen molar-refractivity contribution in [2.75, 3.05) is 4.41 Å². The first-order valence-electron chi connectivity index (χ1n) is 4.11. The van der Waals surface area contributed by atoms with Gasteiger partial charge in [0.15, 0.2) is 0 Å². The first-order chi connectivity index (χ1) is 6.36. The summed E-state index contributed by atoms with van der Waals surface area (Å²) in [6.07, 6.45) is 0. The van der Waals surface area contributed by atoms with Crippen molar-refractivity contribution in [2.24, 2.45) is 5.84 Å². The second kappa shape index (κ2) is 2.40. The van der Waals surface area contributed by atoms with Gasteiger partial charge in [-0.25, -0.2) is 10.3 Å². The van der Waals surface area contributed by atoms with E-state index in [0.29, 0.717) is 0 Å². The third-order valence-electron chi connectivity index (χ3n) is 2.28. The van der Waals surface area contributed by atoms with Crippen LogP contribution in [0, 0.1) is 0 Å². The molecule has 64 valence electrons. The number of benzene rings is 2. The quantitative estimate of drug-likeness (QED) is 0.509. The van der Waals surface area contributed by atoms with Gasteiger partial charge in [0.05, 0.1) is 5.69 Å². The van der Waals surface area contributed by atoms with E-state index in [1.807, 2.05) is 12.1 Å². The van der Waals surface area contributed by atoms with Crippen LogP contribution >= 0.6 is 11.9 Å². The summed E-state index contributed by atoms with van der Waals surface area (Å²) >= 11 is 1.58. The zero-order valence-corrected chi connectivity index (χ0v) is 7.71. The summed E-state index contributed by atoms with van der Waals surface area (Å²) < 4.78 is 1.72. The maximum absolute atomic E-state index is 5.84. The van der Waals surface area contributed by atoms with E-state index in [9.17, 15) is 0 Å². The van der Waals surface area contributed by atoms with Crippen LogP contribution in [0.2, 0.25) is 0 Å². The highest BCUT2D eigenvalue weighted by Gasteiger charge is 2.18. The molecular weight excluding hydrogens is 180 g/mol. The van der Waals surface area contributed by atoms with Gasteiger partial charge in [0, 0.05) is 22.2 Å². The Labute approximate surface area is 80.4 Å². The van der Waals surface area contributed by atoms with Gasteiger partial charge in [-0.1, -0.05) is 24.3 Å². The van der Waals surface area contributed by atoms with Gasteiger partial charge in [-0.2, -0.15) is 0 Å². The molecule has 0 amide bonds. The zero-order chi connectivity index (χ0) is 8.84. The lowest BCUT2D eigenvalue weighted by atomic mass is 10.1. The molecule has 0 unspecified atom stereocenters. The van der Waals surface area contributed by atoms with Crippen LogP contribution in [-0.4, -0.2) is 0 Å². The van der Waals surface area contributed by atoms with E-state index in [-0.39, 0.29) is 0 Å². The second-order valence-corrected chi connectivity index (χ2v) is 4.06. The predicted molar refractivity (Wildman–Crippen MR) is 56.5 cm³/mol. The molecule has 3 rings (SSSR count). The Hall–Kier alpha value is -1.19. The molecule has 3 heteroatoms. The van der Waals surface area contributed by atoms with Crippen LogP contribution in [0.5, 0.6) is 0 Å². The van der Waals surface area contributed by atoms with Gasteiger partial charge >= 0.3 is 0 Å². The molecule has 0 bridgehead atoms. The highest BCUT2D eigenvalue weighted by molar-refractivity contribution is 8.01. The molecule has 13 heavy (non-hydrogen) atoms. The van der Waals surface area contributed by atoms with Gasteiger partial charge in [0.2, 0.25) is 0 Å². The molecular formula is C10H8N2S. The van der Waals surface area contributed by atoms with Crippen molar-refractivity contribution < 1.29 is 0 Å². The predicted octanol–water partition coefficient (Wildman–Crippen LogP) is 2.54. The molecule has 1 aliphatic rings. The standard InChI is InChI=1S/C10H8N2S/c11-12-8-5-1-3-7-4-2-6-9(13-12)10(7)8/h1-6H,11H2. The molecule has 0 radical (unpaired) electrons. The van der Waals surface area contributed by atoms with Gasteiger partial charge in [-0.3, -0.25) is 0 Å². The lowest BCUT2D eigenvalue weighted by molar-refractivity contribution is 1.23. The summed E-state index contributed by atoms with van der Waals surface area (Å²) in [4.78, 5) is 1.25. The van der Waals surface area contributed by atoms with E-state index in [1.165, 1.54) is 15.7 Å². The van der Waals surface area contributed by atoms with Crippen molar-refractivity contribution in [1.82, 2.24) is 0 Å². The summed E-state index contributed by atoms with van der Waals surface area (Å²) in [5, 5.41) is 2.54. The second-order valence-electron chi connectivity index (χ2n) is 3.05. The first kappa shape index (κ1) is 7.24. The number of hydrogen-bond donors (Lipinski definition) is 1. The molecule has 0 spiro atoms. The van der Waals surface area contributed by atoms with E-state index in [1.54, 1.807) is 16.4 Å². The Balaban J connectivity index is 2.51. The SMILES string of the molecule is NN1Sc2cccc3cccc1c23. The fourth-order valence-corrected chi connectivity index (χ4v) is 2.62. The minimum Gasteiger partial charge on any atom is -0.248 e. The number of hydrazine groups is 1. The van der Waals surface area contributed by atoms with Gasteiger partial charge in [-0.15, -0.1) is 0 Å². The number of nitrogens with two attached hydrogens (primary N) is 1. The van der Waals surface area contributed by atoms with Crippen LogP contribution in [0.25, 0.3) is 10.8 Å². The molecule has 2 nitrogen and oxygen atoms in total. The molecule has 1 aliphatic heterocycles. The largest absolute Gasteiger partial charge is 0.248 e. The molecule has 1 heterocycles. The maximum Gasteiger partial charge on any atom is 0.0739 e. The number of nitrogens with zero attached hydrogens (tertiary/aromatic N) is 1. The average molecular weight is 188 g/mol. The molecule has 0 aromatic heterocycles. The van der Waals surface area contributed by atoms with Crippen molar-refractivity contribution in [3.8, 4) is 0 Å². The Morgan fingerprint density at radius 1 is 1.08 bits per heavy atom. The topological polar surface area (TPSA) is 29.3 Å². The summed E-state index contributed by atoms with van der Waals surface area (Å²) in [6, 6.07) is 12.5. The molecule has 0 atom stereocenters. The number of anilines is 1. The van der Waals surface area contributed by atoms with Crippen LogP contribution in [-0.2, 0) is 0 Å². The van der Waals surface area contributed by atoms with Gasteiger partial charge in [0.25, 0.3) is 0 Å². The lowest BCUT2D eigenvalue weighted by Crippen LogP contribution is -2.18.